The molecule has 2 heterocycles. The molecule has 0 aliphatic carbocycles. The summed E-state index contributed by atoms with van der Waals surface area (Å²) in [5.41, 5.74) is 9.08. The van der Waals surface area contributed by atoms with Gasteiger partial charge in [0.15, 0.2) is 0 Å². The number of primary amides is 1. The van der Waals surface area contributed by atoms with Crippen LogP contribution in [0.3, 0.4) is 0 Å². The molecule has 0 fully saturated rings. The van der Waals surface area contributed by atoms with Crippen LogP contribution in [0.5, 0.6) is 0 Å². The lowest BCUT2D eigenvalue weighted by molar-refractivity contribution is -0.123. The number of hydrogen-bond donors (Lipinski definition) is 2. The maximum absolute atomic E-state index is 13.1. The second-order valence-corrected chi connectivity index (χ2v) is 7.96. The van der Waals surface area contributed by atoms with E-state index < -0.39 is 11.9 Å². The number of para-hydroxylation sites is 1. The first-order valence-electron chi connectivity index (χ1n) is 10.7. The number of amides is 2. The van der Waals surface area contributed by atoms with Crippen molar-refractivity contribution in [3.8, 4) is 11.3 Å². The highest BCUT2D eigenvalue weighted by atomic mass is 19.1. The molecule has 33 heavy (non-hydrogen) atoms. The quantitative estimate of drug-likeness (QED) is 0.552. The standard InChI is InChI=1S/C24H25FN6O2/c1-30(13-5-6-18-14-20(28-27-18)16-9-11-17(25)12-10-16)24(33)21-15-22(23(26)32)31(29-21)19-7-3-2-4-8-19/h2-4,7-12,14,22H,5-6,13,15H2,1H3,(H2,26,32)(H,27,28)/t22-/m0/s1. The third-order valence-electron chi connectivity index (χ3n) is 5.56. The van der Waals surface area contributed by atoms with Crippen LogP contribution in [0.25, 0.3) is 11.3 Å². The first-order chi connectivity index (χ1) is 15.9. The topological polar surface area (TPSA) is 108 Å². The lowest BCUT2D eigenvalue weighted by Crippen LogP contribution is -2.40. The summed E-state index contributed by atoms with van der Waals surface area (Å²) in [6.45, 7) is 0.509. The highest BCUT2D eigenvalue weighted by molar-refractivity contribution is 6.40. The van der Waals surface area contributed by atoms with Crippen LogP contribution in [0.2, 0.25) is 0 Å². The predicted molar refractivity (Wildman–Crippen MR) is 124 cm³/mol. The van der Waals surface area contributed by atoms with Gasteiger partial charge in [-0.2, -0.15) is 10.2 Å². The Hall–Kier alpha value is -4.01. The number of nitrogens with one attached hydrogen (secondary N) is 1. The number of H-pyrrole nitrogens is 1. The molecule has 170 valence electrons. The van der Waals surface area contributed by atoms with Gasteiger partial charge in [0.25, 0.3) is 5.91 Å². The van der Waals surface area contributed by atoms with E-state index in [-0.39, 0.29) is 18.1 Å². The van der Waals surface area contributed by atoms with E-state index in [4.69, 9.17) is 5.73 Å². The summed E-state index contributed by atoms with van der Waals surface area (Å²) < 4.78 is 13.1. The first kappa shape index (κ1) is 22.2. The summed E-state index contributed by atoms with van der Waals surface area (Å²) in [7, 11) is 1.71. The van der Waals surface area contributed by atoms with Gasteiger partial charge in [-0.1, -0.05) is 18.2 Å². The second-order valence-electron chi connectivity index (χ2n) is 7.96. The van der Waals surface area contributed by atoms with Gasteiger partial charge >= 0.3 is 0 Å². The van der Waals surface area contributed by atoms with Crippen molar-refractivity contribution in [2.45, 2.75) is 25.3 Å². The minimum Gasteiger partial charge on any atom is -0.368 e. The van der Waals surface area contributed by atoms with Crippen molar-refractivity contribution in [2.24, 2.45) is 10.8 Å². The Labute approximate surface area is 190 Å². The second kappa shape index (κ2) is 9.64. The van der Waals surface area contributed by atoms with Gasteiger partial charge in [-0.15, -0.1) is 0 Å². The third kappa shape index (κ3) is 5.08. The van der Waals surface area contributed by atoms with E-state index in [1.54, 1.807) is 24.1 Å². The van der Waals surface area contributed by atoms with Crippen LogP contribution in [0.15, 0.2) is 65.8 Å². The molecular weight excluding hydrogens is 423 g/mol. The van der Waals surface area contributed by atoms with Crippen molar-refractivity contribution in [1.29, 1.82) is 0 Å². The van der Waals surface area contributed by atoms with E-state index in [0.29, 0.717) is 30.8 Å². The summed E-state index contributed by atoms with van der Waals surface area (Å²) in [5, 5.41) is 13.2. The number of aromatic nitrogens is 2. The van der Waals surface area contributed by atoms with Gasteiger partial charge in [0, 0.05) is 31.3 Å². The van der Waals surface area contributed by atoms with Gasteiger partial charge in [-0.25, -0.2) is 4.39 Å². The Kier molecular flexibility index (Phi) is 6.48. The van der Waals surface area contributed by atoms with Crippen LogP contribution in [-0.2, 0) is 16.0 Å². The Bertz CT molecular complexity index is 1160. The number of halogens is 1. The fourth-order valence-electron chi connectivity index (χ4n) is 3.77. The molecule has 1 aliphatic rings. The monoisotopic (exact) mass is 448 g/mol. The zero-order valence-electron chi connectivity index (χ0n) is 18.2. The lowest BCUT2D eigenvalue weighted by atomic mass is 10.1. The zero-order valence-corrected chi connectivity index (χ0v) is 18.2. The minimum absolute atomic E-state index is 0.176. The van der Waals surface area contributed by atoms with E-state index in [9.17, 15) is 14.0 Å². The van der Waals surface area contributed by atoms with Crippen molar-refractivity contribution in [3.63, 3.8) is 0 Å². The van der Waals surface area contributed by atoms with Gasteiger partial charge in [0.1, 0.15) is 17.6 Å². The highest BCUT2D eigenvalue weighted by Crippen LogP contribution is 2.25. The predicted octanol–water partition coefficient (Wildman–Crippen LogP) is 2.73. The van der Waals surface area contributed by atoms with Crippen LogP contribution in [0.4, 0.5) is 10.1 Å². The normalized spacial score (nSPS) is 15.4. The highest BCUT2D eigenvalue weighted by Gasteiger charge is 2.35. The Morgan fingerprint density at radius 1 is 1.18 bits per heavy atom. The fraction of sp³-hybridized carbons (Fsp3) is 0.250. The van der Waals surface area contributed by atoms with Crippen LogP contribution in [0.1, 0.15) is 18.5 Å². The van der Waals surface area contributed by atoms with E-state index in [0.717, 1.165) is 17.0 Å². The van der Waals surface area contributed by atoms with Crippen molar-refractivity contribution in [1.82, 2.24) is 15.1 Å². The molecule has 9 heteroatoms. The average molecular weight is 449 g/mol. The molecule has 4 rings (SSSR count). The van der Waals surface area contributed by atoms with Crippen LogP contribution in [0, 0.1) is 5.82 Å². The molecule has 0 bridgehead atoms. The number of hydrazone groups is 1. The van der Waals surface area contributed by atoms with Crippen LogP contribution >= 0.6 is 0 Å². The summed E-state index contributed by atoms with van der Waals surface area (Å²) in [5.74, 6) is -1.04. The third-order valence-corrected chi connectivity index (χ3v) is 5.56. The molecule has 0 saturated carbocycles. The van der Waals surface area contributed by atoms with Gasteiger partial charge in [-0.3, -0.25) is 19.7 Å². The number of nitrogens with zero attached hydrogens (tertiary/aromatic N) is 4. The van der Waals surface area contributed by atoms with Gasteiger partial charge in [0.05, 0.1) is 11.4 Å². The Morgan fingerprint density at radius 2 is 1.91 bits per heavy atom. The molecule has 2 amide bonds. The maximum atomic E-state index is 13.1. The molecule has 1 aromatic heterocycles. The van der Waals surface area contributed by atoms with E-state index in [1.807, 2.05) is 36.4 Å². The minimum atomic E-state index is -0.686. The number of rotatable bonds is 8. The molecule has 0 unspecified atom stereocenters. The van der Waals surface area contributed by atoms with Gasteiger partial charge in [-0.05, 0) is 55.3 Å². The first-order valence-corrected chi connectivity index (χ1v) is 10.7. The molecule has 2 aromatic carbocycles. The molecule has 1 aliphatic heterocycles. The molecule has 0 saturated heterocycles. The number of carbonyl (C=O) groups is 2. The smallest absolute Gasteiger partial charge is 0.269 e. The number of anilines is 1. The van der Waals surface area contributed by atoms with Crippen molar-refractivity contribution < 1.29 is 14.0 Å². The van der Waals surface area contributed by atoms with Crippen molar-refractivity contribution >= 4 is 23.2 Å². The number of carbonyl (C=O) groups excluding carboxylic acids is 2. The van der Waals surface area contributed by atoms with Crippen molar-refractivity contribution in [2.75, 3.05) is 18.6 Å². The number of hydrogen-bond acceptors (Lipinski definition) is 5. The summed E-state index contributed by atoms with van der Waals surface area (Å²) in [6.07, 6.45) is 1.58. The maximum Gasteiger partial charge on any atom is 0.269 e. The molecule has 0 spiro atoms. The summed E-state index contributed by atoms with van der Waals surface area (Å²) in [6, 6.07) is 16.6. The van der Waals surface area contributed by atoms with E-state index in [2.05, 4.69) is 15.3 Å². The Morgan fingerprint density at radius 3 is 2.61 bits per heavy atom. The number of aryl methyl sites for hydroxylation is 1. The summed E-state index contributed by atoms with van der Waals surface area (Å²) >= 11 is 0. The molecule has 0 radical (unpaired) electrons. The summed E-state index contributed by atoms with van der Waals surface area (Å²) in [4.78, 5) is 26.4. The zero-order chi connectivity index (χ0) is 23.4. The fourth-order valence-corrected chi connectivity index (χ4v) is 3.77. The number of benzene rings is 2. The molecule has 3 N–H and O–H groups in total. The molecule has 8 nitrogen and oxygen atoms in total. The number of aromatic amines is 1. The molecule has 3 aromatic rings. The van der Waals surface area contributed by atoms with Gasteiger partial charge < -0.3 is 10.6 Å². The number of nitrogens with two attached hydrogens (primary N) is 1. The van der Waals surface area contributed by atoms with Crippen LogP contribution in [-0.4, -0.2) is 52.3 Å². The van der Waals surface area contributed by atoms with Crippen molar-refractivity contribution in [3.05, 3.63) is 72.2 Å². The lowest BCUT2D eigenvalue weighted by Gasteiger charge is -2.20. The Balaban J connectivity index is 1.34. The van der Waals surface area contributed by atoms with E-state index >= 15 is 0 Å². The molecule has 1 atom stereocenters. The SMILES string of the molecule is CN(CCCc1cc(-c2ccc(F)cc2)n[nH]1)C(=O)C1=NN(c2ccccc2)[C@H](C(N)=O)C1. The molecular formula is C24H25FN6O2. The van der Waals surface area contributed by atoms with Gasteiger partial charge in [0.2, 0.25) is 5.91 Å². The van der Waals surface area contributed by atoms with Crippen LogP contribution < -0.4 is 10.7 Å². The largest absolute Gasteiger partial charge is 0.368 e. The van der Waals surface area contributed by atoms with E-state index in [1.165, 1.54) is 17.1 Å². The average Bonchev–Trinajstić information content (AvgIpc) is 3.47.